The van der Waals surface area contributed by atoms with Crippen LogP contribution < -0.4 is 4.90 Å². The Kier molecular flexibility index (Phi) is 3.67. The highest BCUT2D eigenvalue weighted by molar-refractivity contribution is 14.1. The van der Waals surface area contributed by atoms with Gasteiger partial charge in [-0.05, 0) is 71.0 Å². The van der Waals surface area contributed by atoms with Crippen molar-refractivity contribution in [3.8, 4) is 0 Å². The molecule has 0 radical (unpaired) electrons. The Balaban J connectivity index is 1.94. The van der Waals surface area contributed by atoms with Gasteiger partial charge in [-0.1, -0.05) is 6.07 Å². The van der Waals surface area contributed by atoms with Crippen molar-refractivity contribution in [3.05, 3.63) is 62.7 Å². The summed E-state index contributed by atoms with van der Waals surface area (Å²) in [7, 11) is 0. The molecule has 0 unspecified atom stereocenters. The number of halogens is 1. The molecule has 106 valence electrons. The lowest BCUT2D eigenvalue weighted by Crippen LogP contribution is -2.28. The van der Waals surface area contributed by atoms with E-state index in [9.17, 15) is 9.59 Å². The number of anilines is 1. The number of carboxylic acids is 1. The normalized spacial score (nSPS) is 13.1. The van der Waals surface area contributed by atoms with Crippen LogP contribution in [0.1, 0.15) is 26.3 Å². The van der Waals surface area contributed by atoms with Crippen LogP contribution in [-0.2, 0) is 6.42 Å². The molecular formula is C16H12INO3. The Morgan fingerprint density at radius 2 is 1.90 bits per heavy atom. The van der Waals surface area contributed by atoms with Crippen LogP contribution in [-0.4, -0.2) is 23.5 Å². The van der Waals surface area contributed by atoms with Crippen LogP contribution in [0.5, 0.6) is 0 Å². The first-order valence-electron chi connectivity index (χ1n) is 6.50. The smallest absolute Gasteiger partial charge is 0.335 e. The molecule has 1 N–H and O–H groups in total. The van der Waals surface area contributed by atoms with Crippen molar-refractivity contribution in [2.75, 3.05) is 11.4 Å². The van der Waals surface area contributed by atoms with Gasteiger partial charge in [-0.25, -0.2) is 4.79 Å². The van der Waals surface area contributed by atoms with Crippen molar-refractivity contribution in [1.29, 1.82) is 0 Å². The number of fused-ring (bicyclic) bond motifs is 1. The molecule has 0 aromatic heterocycles. The second-order valence-electron chi connectivity index (χ2n) is 4.87. The summed E-state index contributed by atoms with van der Waals surface area (Å²) in [5.74, 6) is -0.990. The molecule has 4 nitrogen and oxygen atoms in total. The fourth-order valence-corrected chi connectivity index (χ4v) is 3.07. The zero-order chi connectivity index (χ0) is 15.0. The number of aromatic carboxylic acids is 1. The van der Waals surface area contributed by atoms with E-state index in [1.165, 1.54) is 0 Å². The Hall–Kier alpha value is -1.89. The molecule has 2 aromatic carbocycles. The fourth-order valence-electron chi connectivity index (χ4n) is 2.52. The minimum Gasteiger partial charge on any atom is -0.478 e. The third kappa shape index (κ3) is 2.65. The van der Waals surface area contributed by atoms with E-state index >= 15 is 0 Å². The van der Waals surface area contributed by atoms with Gasteiger partial charge in [0, 0.05) is 21.4 Å². The predicted octanol–water partition coefficient (Wildman–Crippen LogP) is 3.19. The zero-order valence-corrected chi connectivity index (χ0v) is 13.2. The number of amides is 1. The third-order valence-corrected chi connectivity index (χ3v) is 4.21. The maximum atomic E-state index is 12.6. The van der Waals surface area contributed by atoms with Crippen LogP contribution in [0.25, 0.3) is 0 Å². The van der Waals surface area contributed by atoms with Gasteiger partial charge in [0.1, 0.15) is 0 Å². The molecule has 5 heteroatoms. The summed E-state index contributed by atoms with van der Waals surface area (Å²) in [6.07, 6.45) is 0.687. The number of carboxylic acid groups (broad SMARTS) is 1. The fraction of sp³-hybridized carbons (Fsp3) is 0.125. The van der Waals surface area contributed by atoms with E-state index in [-0.39, 0.29) is 11.5 Å². The largest absolute Gasteiger partial charge is 0.478 e. The van der Waals surface area contributed by atoms with Crippen molar-refractivity contribution in [1.82, 2.24) is 0 Å². The molecule has 2 aromatic rings. The summed E-state index contributed by atoms with van der Waals surface area (Å²) in [5, 5.41) is 9.02. The highest BCUT2D eigenvalue weighted by Gasteiger charge is 2.26. The summed E-state index contributed by atoms with van der Waals surface area (Å²) in [6, 6.07) is 12.4. The van der Waals surface area contributed by atoms with E-state index in [0.29, 0.717) is 18.5 Å². The number of carbonyl (C=O) groups is 2. The van der Waals surface area contributed by atoms with Gasteiger partial charge in [-0.3, -0.25) is 4.79 Å². The van der Waals surface area contributed by atoms with Crippen LogP contribution in [0.15, 0.2) is 42.5 Å². The first-order valence-corrected chi connectivity index (χ1v) is 7.58. The molecule has 0 fully saturated rings. The quantitative estimate of drug-likeness (QED) is 0.798. The number of rotatable bonds is 2. The highest BCUT2D eigenvalue weighted by atomic mass is 127. The van der Waals surface area contributed by atoms with E-state index in [1.54, 1.807) is 29.2 Å². The summed E-state index contributed by atoms with van der Waals surface area (Å²) < 4.78 is 1.01. The summed E-state index contributed by atoms with van der Waals surface area (Å²) in [5.41, 5.74) is 2.63. The lowest BCUT2D eigenvalue weighted by Gasteiger charge is -2.17. The minimum absolute atomic E-state index is 0.0460. The average molecular weight is 393 g/mol. The lowest BCUT2D eigenvalue weighted by molar-refractivity contribution is 0.0696. The molecule has 0 saturated heterocycles. The van der Waals surface area contributed by atoms with Gasteiger partial charge in [0.15, 0.2) is 0 Å². The molecular weight excluding hydrogens is 381 g/mol. The average Bonchev–Trinajstić information content (AvgIpc) is 2.89. The number of hydrogen-bond acceptors (Lipinski definition) is 2. The molecule has 1 amide bonds. The van der Waals surface area contributed by atoms with Crippen molar-refractivity contribution in [2.45, 2.75) is 6.42 Å². The molecule has 21 heavy (non-hydrogen) atoms. The molecule has 0 bridgehead atoms. The number of carbonyl (C=O) groups excluding carboxylic acids is 1. The Morgan fingerprint density at radius 1 is 1.10 bits per heavy atom. The van der Waals surface area contributed by atoms with Gasteiger partial charge in [0.05, 0.1) is 5.56 Å². The molecule has 1 heterocycles. The SMILES string of the molecule is O=C(O)c1ccc2c(c1)CCN2C(=O)c1cccc(I)c1. The van der Waals surface area contributed by atoms with Gasteiger partial charge in [0.25, 0.3) is 5.91 Å². The molecule has 3 rings (SSSR count). The second-order valence-corrected chi connectivity index (χ2v) is 6.11. The van der Waals surface area contributed by atoms with E-state index < -0.39 is 5.97 Å². The first kappa shape index (κ1) is 14.1. The van der Waals surface area contributed by atoms with Crippen LogP contribution >= 0.6 is 22.6 Å². The van der Waals surface area contributed by atoms with E-state index in [1.807, 2.05) is 18.2 Å². The van der Waals surface area contributed by atoms with Gasteiger partial charge in [0.2, 0.25) is 0 Å². The van der Waals surface area contributed by atoms with Crippen molar-refractivity contribution in [3.63, 3.8) is 0 Å². The standard InChI is InChI=1S/C16H12INO3/c17-13-3-1-2-11(9-13)15(19)18-7-6-10-8-12(16(20)21)4-5-14(10)18/h1-5,8-9H,6-7H2,(H,20,21). The Bertz CT molecular complexity index is 742. The van der Waals surface area contributed by atoms with Crippen molar-refractivity contribution in [2.24, 2.45) is 0 Å². The second kappa shape index (κ2) is 5.48. The first-order chi connectivity index (χ1) is 10.1. The monoisotopic (exact) mass is 393 g/mol. The van der Waals surface area contributed by atoms with Crippen LogP contribution in [0.2, 0.25) is 0 Å². The maximum absolute atomic E-state index is 12.6. The molecule has 0 atom stereocenters. The van der Waals surface area contributed by atoms with Gasteiger partial charge in [-0.15, -0.1) is 0 Å². The Morgan fingerprint density at radius 3 is 2.62 bits per heavy atom. The molecule has 0 aliphatic carbocycles. The van der Waals surface area contributed by atoms with Crippen LogP contribution in [0, 0.1) is 3.57 Å². The molecule has 0 spiro atoms. The Labute approximate surface area is 135 Å². The summed E-state index contributed by atoms with van der Waals surface area (Å²) in [6.45, 7) is 0.586. The number of benzene rings is 2. The zero-order valence-electron chi connectivity index (χ0n) is 11.0. The third-order valence-electron chi connectivity index (χ3n) is 3.54. The topological polar surface area (TPSA) is 57.6 Å². The number of nitrogens with zero attached hydrogens (tertiary/aromatic N) is 1. The van der Waals surface area contributed by atoms with Crippen molar-refractivity contribution >= 4 is 40.2 Å². The minimum atomic E-state index is -0.944. The van der Waals surface area contributed by atoms with E-state index in [4.69, 9.17) is 5.11 Å². The van der Waals surface area contributed by atoms with Gasteiger partial charge < -0.3 is 10.0 Å². The summed E-state index contributed by atoms with van der Waals surface area (Å²) >= 11 is 2.18. The van der Waals surface area contributed by atoms with Crippen LogP contribution in [0.3, 0.4) is 0 Å². The van der Waals surface area contributed by atoms with Crippen molar-refractivity contribution < 1.29 is 14.7 Å². The van der Waals surface area contributed by atoms with E-state index in [2.05, 4.69) is 22.6 Å². The molecule has 1 aliphatic heterocycles. The molecule has 0 saturated carbocycles. The lowest BCUT2D eigenvalue weighted by atomic mass is 10.1. The predicted molar refractivity (Wildman–Crippen MR) is 87.9 cm³/mol. The van der Waals surface area contributed by atoms with Gasteiger partial charge in [-0.2, -0.15) is 0 Å². The molecule has 1 aliphatic rings. The van der Waals surface area contributed by atoms with E-state index in [0.717, 1.165) is 14.8 Å². The van der Waals surface area contributed by atoms with Crippen LogP contribution in [0.4, 0.5) is 5.69 Å². The number of hydrogen-bond donors (Lipinski definition) is 1. The highest BCUT2D eigenvalue weighted by Crippen LogP contribution is 2.30. The summed E-state index contributed by atoms with van der Waals surface area (Å²) in [4.78, 5) is 25.3. The maximum Gasteiger partial charge on any atom is 0.335 e. The van der Waals surface area contributed by atoms with Gasteiger partial charge >= 0.3 is 5.97 Å².